The summed E-state index contributed by atoms with van der Waals surface area (Å²) in [7, 11) is 0. The predicted molar refractivity (Wildman–Crippen MR) is 60.3 cm³/mol. The highest BCUT2D eigenvalue weighted by Crippen LogP contribution is 2.24. The Bertz CT molecular complexity index is 310. The third-order valence-electron chi connectivity index (χ3n) is 2.77. The van der Waals surface area contributed by atoms with Crippen LogP contribution in [0, 0.1) is 0 Å². The van der Waals surface area contributed by atoms with Gasteiger partial charge in [-0.15, -0.1) is 0 Å². The van der Waals surface area contributed by atoms with E-state index in [0.717, 1.165) is 31.4 Å². The number of hydrogen-bond acceptors (Lipinski definition) is 2. The molecule has 0 unspecified atom stereocenters. The van der Waals surface area contributed by atoms with Crippen LogP contribution in [0.1, 0.15) is 25.7 Å². The van der Waals surface area contributed by atoms with Gasteiger partial charge >= 0.3 is 0 Å². The Kier molecular flexibility index (Phi) is 3.49. The predicted octanol–water partition coefficient (Wildman–Crippen LogP) is 3.02. The average Bonchev–Trinajstić information content (AvgIpc) is 2.25. The molecule has 0 spiro atoms. The normalized spacial score (nSPS) is 26.3. The van der Waals surface area contributed by atoms with Gasteiger partial charge in [-0.1, -0.05) is 18.0 Å². The van der Waals surface area contributed by atoms with Crippen LogP contribution in [0.5, 0.6) is 5.75 Å². The van der Waals surface area contributed by atoms with Gasteiger partial charge in [0.1, 0.15) is 11.9 Å². The van der Waals surface area contributed by atoms with E-state index >= 15 is 0 Å². The minimum atomic E-state index is -0.325. The van der Waals surface area contributed by atoms with Crippen molar-refractivity contribution < 1.29 is 9.84 Å². The zero-order valence-electron chi connectivity index (χ0n) is 8.53. The van der Waals surface area contributed by atoms with E-state index in [0.29, 0.717) is 5.02 Å². The van der Waals surface area contributed by atoms with Crippen LogP contribution in [-0.2, 0) is 0 Å². The first-order chi connectivity index (χ1) is 7.25. The summed E-state index contributed by atoms with van der Waals surface area (Å²) in [6.07, 6.45) is 3.63. The standard InChI is InChI=1S/C12H15ClO2/c13-9-5-7-10(8-6-9)15-12-4-2-1-3-11(12)14/h5-8,11-12,14H,1-4H2/t11-,12+/m0/s1. The van der Waals surface area contributed by atoms with Crippen LogP contribution >= 0.6 is 11.6 Å². The van der Waals surface area contributed by atoms with Crippen LogP contribution in [0.15, 0.2) is 24.3 Å². The first kappa shape index (κ1) is 10.8. The lowest BCUT2D eigenvalue weighted by Gasteiger charge is -2.28. The molecule has 0 bridgehead atoms. The van der Waals surface area contributed by atoms with E-state index in [1.807, 2.05) is 12.1 Å². The van der Waals surface area contributed by atoms with Gasteiger partial charge in [-0.05, 0) is 43.5 Å². The van der Waals surface area contributed by atoms with Crippen LogP contribution in [-0.4, -0.2) is 17.3 Å². The number of ether oxygens (including phenoxy) is 1. The van der Waals surface area contributed by atoms with Crippen molar-refractivity contribution in [3.05, 3.63) is 29.3 Å². The molecular formula is C12H15ClO2. The second kappa shape index (κ2) is 4.86. The summed E-state index contributed by atoms with van der Waals surface area (Å²) in [5.41, 5.74) is 0. The van der Waals surface area contributed by atoms with Crippen molar-refractivity contribution in [1.29, 1.82) is 0 Å². The van der Waals surface area contributed by atoms with E-state index in [9.17, 15) is 5.11 Å². The van der Waals surface area contributed by atoms with E-state index in [2.05, 4.69) is 0 Å². The van der Waals surface area contributed by atoms with Crippen molar-refractivity contribution in [3.8, 4) is 5.75 Å². The fourth-order valence-corrected chi connectivity index (χ4v) is 2.03. The van der Waals surface area contributed by atoms with Gasteiger partial charge in [-0.3, -0.25) is 0 Å². The molecule has 1 aromatic rings. The van der Waals surface area contributed by atoms with Crippen molar-refractivity contribution in [1.82, 2.24) is 0 Å². The summed E-state index contributed by atoms with van der Waals surface area (Å²) in [6.45, 7) is 0. The van der Waals surface area contributed by atoms with E-state index in [1.165, 1.54) is 0 Å². The van der Waals surface area contributed by atoms with Crippen molar-refractivity contribution in [3.63, 3.8) is 0 Å². The Morgan fingerprint density at radius 3 is 2.47 bits per heavy atom. The third-order valence-corrected chi connectivity index (χ3v) is 3.02. The lowest BCUT2D eigenvalue weighted by molar-refractivity contribution is 0.00688. The molecule has 1 N–H and O–H groups in total. The molecule has 1 saturated carbocycles. The monoisotopic (exact) mass is 226 g/mol. The fraction of sp³-hybridized carbons (Fsp3) is 0.500. The number of aliphatic hydroxyl groups is 1. The van der Waals surface area contributed by atoms with Crippen LogP contribution in [0.2, 0.25) is 5.02 Å². The second-order valence-corrected chi connectivity index (χ2v) is 4.40. The lowest BCUT2D eigenvalue weighted by atomic mass is 9.95. The first-order valence-corrected chi connectivity index (χ1v) is 5.74. The molecule has 0 radical (unpaired) electrons. The maximum atomic E-state index is 9.73. The molecule has 2 rings (SSSR count). The Hall–Kier alpha value is -0.730. The molecule has 0 amide bonds. The van der Waals surface area contributed by atoms with E-state index in [-0.39, 0.29) is 12.2 Å². The third kappa shape index (κ3) is 2.86. The van der Waals surface area contributed by atoms with Gasteiger partial charge < -0.3 is 9.84 Å². The maximum absolute atomic E-state index is 9.73. The summed E-state index contributed by atoms with van der Waals surface area (Å²) in [4.78, 5) is 0. The van der Waals surface area contributed by atoms with E-state index < -0.39 is 0 Å². The zero-order valence-corrected chi connectivity index (χ0v) is 9.28. The molecule has 0 aliphatic heterocycles. The van der Waals surface area contributed by atoms with Crippen molar-refractivity contribution in [2.75, 3.05) is 0 Å². The highest BCUT2D eigenvalue weighted by molar-refractivity contribution is 6.30. The Labute approximate surface area is 94.8 Å². The Balaban J connectivity index is 1.98. The average molecular weight is 227 g/mol. The SMILES string of the molecule is O[C@H]1CCCC[C@H]1Oc1ccc(Cl)cc1. The van der Waals surface area contributed by atoms with Gasteiger partial charge in [0, 0.05) is 5.02 Å². The van der Waals surface area contributed by atoms with Gasteiger partial charge in [0.05, 0.1) is 6.10 Å². The van der Waals surface area contributed by atoms with Gasteiger partial charge in [0.15, 0.2) is 0 Å². The van der Waals surface area contributed by atoms with Gasteiger partial charge in [0.2, 0.25) is 0 Å². The smallest absolute Gasteiger partial charge is 0.124 e. The largest absolute Gasteiger partial charge is 0.488 e. The summed E-state index contributed by atoms with van der Waals surface area (Å²) in [5.74, 6) is 0.783. The molecule has 0 saturated heterocycles. The molecule has 1 aliphatic carbocycles. The van der Waals surface area contributed by atoms with Gasteiger partial charge in [-0.2, -0.15) is 0 Å². The molecule has 1 fully saturated rings. The van der Waals surface area contributed by atoms with Crippen LogP contribution < -0.4 is 4.74 Å². The first-order valence-electron chi connectivity index (χ1n) is 5.36. The fourth-order valence-electron chi connectivity index (χ4n) is 1.90. The van der Waals surface area contributed by atoms with E-state index in [4.69, 9.17) is 16.3 Å². The number of benzene rings is 1. The highest BCUT2D eigenvalue weighted by atomic mass is 35.5. The molecule has 15 heavy (non-hydrogen) atoms. The number of aliphatic hydroxyl groups excluding tert-OH is 1. The molecule has 2 nitrogen and oxygen atoms in total. The van der Waals surface area contributed by atoms with Gasteiger partial charge in [-0.25, -0.2) is 0 Å². The van der Waals surface area contributed by atoms with Crippen LogP contribution in [0.25, 0.3) is 0 Å². The quantitative estimate of drug-likeness (QED) is 0.840. The molecule has 0 heterocycles. The minimum Gasteiger partial charge on any atom is -0.488 e. The number of hydrogen-bond donors (Lipinski definition) is 1. The molecule has 82 valence electrons. The summed E-state index contributed by atoms with van der Waals surface area (Å²) >= 11 is 5.78. The molecule has 0 aromatic heterocycles. The Morgan fingerprint density at radius 2 is 1.80 bits per heavy atom. The van der Waals surface area contributed by atoms with E-state index in [1.54, 1.807) is 12.1 Å². The summed E-state index contributed by atoms with van der Waals surface area (Å²) in [5, 5.41) is 10.4. The molecular weight excluding hydrogens is 212 g/mol. The highest BCUT2D eigenvalue weighted by Gasteiger charge is 2.24. The second-order valence-electron chi connectivity index (χ2n) is 3.96. The van der Waals surface area contributed by atoms with Gasteiger partial charge in [0.25, 0.3) is 0 Å². The van der Waals surface area contributed by atoms with Crippen molar-refractivity contribution >= 4 is 11.6 Å². The lowest BCUT2D eigenvalue weighted by Crippen LogP contribution is -2.34. The maximum Gasteiger partial charge on any atom is 0.124 e. The topological polar surface area (TPSA) is 29.5 Å². The van der Waals surface area contributed by atoms with Crippen molar-refractivity contribution in [2.24, 2.45) is 0 Å². The molecule has 3 heteroatoms. The zero-order chi connectivity index (χ0) is 10.7. The minimum absolute atomic E-state index is 0.0556. The number of rotatable bonds is 2. The van der Waals surface area contributed by atoms with Crippen LogP contribution in [0.3, 0.4) is 0 Å². The summed E-state index contributed by atoms with van der Waals surface area (Å²) in [6, 6.07) is 7.27. The summed E-state index contributed by atoms with van der Waals surface area (Å²) < 4.78 is 5.71. The molecule has 1 aromatic carbocycles. The van der Waals surface area contributed by atoms with Crippen LogP contribution in [0.4, 0.5) is 0 Å². The van der Waals surface area contributed by atoms with Crippen molar-refractivity contribution in [2.45, 2.75) is 37.9 Å². The molecule has 2 atom stereocenters. The molecule has 1 aliphatic rings. The number of halogens is 1. The Morgan fingerprint density at radius 1 is 1.13 bits per heavy atom.